The van der Waals surface area contributed by atoms with Crippen LogP contribution in [0, 0.1) is 11.8 Å². The van der Waals surface area contributed by atoms with Crippen LogP contribution in [0.5, 0.6) is 0 Å². The largest absolute Gasteiger partial charge is 0.357 e. The highest BCUT2D eigenvalue weighted by Crippen LogP contribution is 2.27. The molecule has 1 saturated carbocycles. The van der Waals surface area contributed by atoms with Crippen LogP contribution in [0.3, 0.4) is 0 Å². The predicted molar refractivity (Wildman–Crippen MR) is 124 cm³/mol. The summed E-state index contributed by atoms with van der Waals surface area (Å²) in [5.74, 6) is 2.14. The molecule has 30 heavy (non-hydrogen) atoms. The van der Waals surface area contributed by atoms with Gasteiger partial charge in [0.15, 0.2) is 5.96 Å². The summed E-state index contributed by atoms with van der Waals surface area (Å²) in [5, 5.41) is 7.04. The van der Waals surface area contributed by atoms with Crippen molar-refractivity contribution in [1.29, 1.82) is 0 Å². The quantitative estimate of drug-likeness (QED) is 0.484. The Bertz CT molecular complexity index is 566. The van der Waals surface area contributed by atoms with Gasteiger partial charge in [-0.15, -0.1) is 0 Å². The zero-order chi connectivity index (χ0) is 21.5. The molecule has 3 aliphatic rings. The third-order valence-electron chi connectivity index (χ3n) is 7.10. The van der Waals surface area contributed by atoms with Crippen molar-refractivity contribution < 1.29 is 4.79 Å². The second-order valence-corrected chi connectivity index (χ2v) is 9.77. The Morgan fingerprint density at radius 3 is 2.40 bits per heavy atom. The number of amides is 1. The van der Waals surface area contributed by atoms with Crippen molar-refractivity contribution >= 4 is 11.9 Å². The third kappa shape index (κ3) is 6.33. The van der Waals surface area contributed by atoms with Gasteiger partial charge in [0.2, 0.25) is 5.91 Å². The van der Waals surface area contributed by atoms with Gasteiger partial charge in [0.1, 0.15) is 0 Å². The molecule has 0 bridgehead atoms. The molecule has 2 saturated heterocycles. The van der Waals surface area contributed by atoms with E-state index in [0.717, 1.165) is 77.6 Å². The van der Waals surface area contributed by atoms with Gasteiger partial charge < -0.3 is 20.4 Å². The molecule has 0 aromatic carbocycles. The number of guanidine groups is 1. The van der Waals surface area contributed by atoms with Crippen LogP contribution in [0.1, 0.15) is 52.9 Å². The molecule has 2 N–H and O–H groups in total. The van der Waals surface area contributed by atoms with Gasteiger partial charge in [-0.25, -0.2) is 0 Å². The Morgan fingerprint density at radius 1 is 1.07 bits per heavy atom. The second-order valence-electron chi connectivity index (χ2n) is 9.77. The topological polar surface area (TPSA) is 63.2 Å². The van der Waals surface area contributed by atoms with E-state index in [2.05, 4.69) is 53.2 Å². The van der Waals surface area contributed by atoms with E-state index in [1.807, 2.05) is 0 Å². The van der Waals surface area contributed by atoms with Crippen molar-refractivity contribution in [2.24, 2.45) is 16.8 Å². The molecule has 3 fully saturated rings. The number of likely N-dealkylation sites (tertiary alicyclic amines) is 1. The monoisotopic (exact) mass is 420 g/mol. The van der Waals surface area contributed by atoms with E-state index < -0.39 is 0 Å². The highest BCUT2D eigenvalue weighted by molar-refractivity contribution is 5.81. The summed E-state index contributed by atoms with van der Waals surface area (Å²) in [6, 6.07) is 0.771. The number of aliphatic imine (C=N–C) groups is 1. The molecule has 2 aliphatic heterocycles. The third-order valence-corrected chi connectivity index (χ3v) is 7.10. The summed E-state index contributed by atoms with van der Waals surface area (Å²) in [6.45, 7) is 14.6. The number of carbonyl (C=O) groups excluding carboxylic acids is 1. The minimum Gasteiger partial charge on any atom is -0.357 e. The first-order valence-corrected chi connectivity index (χ1v) is 12.2. The van der Waals surface area contributed by atoms with Gasteiger partial charge in [0.25, 0.3) is 0 Å². The zero-order valence-electron chi connectivity index (χ0n) is 19.7. The molecular weight excluding hydrogens is 376 g/mol. The van der Waals surface area contributed by atoms with E-state index in [4.69, 9.17) is 4.99 Å². The van der Waals surface area contributed by atoms with Crippen molar-refractivity contribution in [3.8, 4) is 0 Å². The van der Waals surface area contributed by atoms with Gasteiger partial charge in [0, 0.05) is 63.8 Å². The number of nitrogens with zero attached hydrogens (tertiary/aromatic N) is 4. The summed E-state index contributed by atoms with van der Waals surface area (Å²) in [7, 11) is 2.20. The van der Waals surface area contributed by atoms with E-state index in [1.165, 1.54) is 12.8 Å². The number of carbonyl (C=O) groups is 1. The minimum absolute atomic E-state index is 0.279. The van der Waals surface area contributed by atoms with E-state index in [1.54, 1.807) is 0 Å². The van der Waals surface area contributed by atoms with Crippen LogP contribution in [0.4, 0.5) is 0 Å². The molecule has 1 amide bonds. The lowest BCUT2D eigenvalue weighted by Crippen LogP contribution is -2.52. The first-order chi connectivity index (χ1) is 14.5. The molecule has 0 aromatic heterocycles. The summed E-state index contributed by atoms with van der Waals surface area (Å²) in [6.07, 6.45) is 5.61. The summed E-state index contributed by atoms with van der Waals surface area (Å²) in [5.41, 5.74) is 0. The zero-order valence-corrected chi connectivity index (χ0v) is 19.7. The molecule has 0 radical (unpaired) electrons. The Hall–Kier alpha value is -1.34. The molecule has 0 spiro atoms. The Kier molecular flexibility index (Phi) is 8.81. The number of likely N-dealkylation sites (N-methyl/N-ethyl adjacent to an activating group) is 1. The standard InChI is InChI=1S/C23H44N6O/c1-5-24-23(25-16-21(18(2)3)28-14-12-27(4)13-15-28)26-20-10-11-29(17-20)22(30)19-8-6-7-9-19/h18-21H,5-17H2,1-4H3,(H2,24,25,26). The maximum absolute atomic E-state index is 12.7. The lowest BCUT2D eigenvalue weighted by atomic mass is 10.0. The first kappa shape index (κ1) is 23.3. The fourth-order valence-electron chi connectivity index (χ4n) is 5.11. The summed E-state index contributed by atoms with van der Waals surface area (Å²) >= 11 is 0. The average Bonchev–Trinajstić information content (AvgIpc) is 3.41. The SMILES string of the molecule is CCNC(=NCC(C(C)C)N1CCN(C)CC1)NC1CCN(C(=O)C2CCCC2)C1. The van der Waals surface area contributed by atoms with Gasteiger partial charge in [-0.3, -0.25) is 14.7 Å². The molecular formula is C23H44N6O. The maximum atomic E-state index is 12.7. The van der Waals surface area contributed by atoms with Crippen molar-refractivity contribution in [2.45, 2.75) is 65.0 Å². The smallest absolute Gasteiger partial charge is 0.225 e. The van der Waals surface area contributed by atoms with Crippen molar-refractivity contribution in [2.75, 3.05) is 59.4 Å². The van der Waals surface area contributed by atoms with Crippen molar-refractivity contribution in [3.05, 3.63) is 0 Å². The molecule has 0 aromatic rings. The number of hydrogen-bond acceptors (Lipinski definition) is 4. The fraction of sp³-hybridized carbons (Fsp3) is 0.913. The van der Waals surface area contributed by atoms with Crippen molar-refractivity contribution in [3.63, 3.8) is 0 Å². The lowest BCUT2D eigenvalue weighted by Gasteiger charge is -2.39. The highest BCUT2D eigenvalue weighted by atomic mass is 16.2. The molecule has 2 heterocycles. The van der Waals surface area contributed by atoms with Gasteiger partial charge in [-0.05, 0) is 39.2 Å². The van der Waals surface area contributed by atoms with Gasteiger partial charge >= 0.3 is 0 Å². The highest BCUT2D eigenvalue weighted by Gasteiger charge is 2.32. The van der Waals surface area contributed by atoms with Crippen molar-refractivity contribution in [1.82, 2.24) is 25.3 Å². The first-order valence-electron chi connectivity index (χ1n) is 12.2. The van der Waals surface area contributed by atoms with Crippen LogP contribution < -0.4 is 10.6 Å². The molecule has 1 aliphatic carbocycles. The Balaban J connectivity index is 1.54. The molecule has 2 atom stereocenters. The van der Waals surface area contributed by atoms with Crippen LogP contribution in [-0.4, -0.2) is 98.1 Å². The Morgan fingerprint density at radius 2 is 1.77 bits per heavy atom. The predicted octanol–water partition coefficient (Wildman–Crippen LogP) is 1.60. The summed E-state index contributed by atoms with van der Waals surface area (Å²) < 4.78 is 0. The van der Waals surface area contributed by atoms with Gasteiger partial charge in [0.05, 0.1) is 6.54 Å². The van der Waals surface area contributed by atoms with Gasteiger partial charge in [-0.1, -0.05) is 26.7 Å². The molecule has 2 unspecified atom stereocenters. The minimum atomic E-state index is 0.279. The second kappa shape index (κ2) is 11.3. The van der Waals surface area contributed by atoms with Crippen LogP contribution in [0.15, 0.2) is 4.99 Å². The van der Waals surface area contributed by atoms with Crippen LogP contribution >= 0.6 is 0 Å². The average molecular weight is 421 g/mol. The van der Waals surface area contributed by atoms with Crippen LogP contribution in [-0.2, 0) is 4.79 Å². The molecule has 7 heteroatoms. The maximum Gasteiger partial charge on any atom is 0.225 e. The number of rotatable bonds is 7. The lowest BCUT2D eigenvalue weighted by molar-refractivity contribution is -0.134. The molecule has 7 nitrogen and oxygen atoms in total. The normalized spacial score (nSPS) is 25.8. The van der Waals surface area contributed by atoms with Gasteiger partial charge in [-0.2, -0.15) is 0 Å². The molecule has 172 valence electrons. The Labute approximate surface area is 183 Å². The van der Waals surface area contributed by atoms with E-state index in [0.29, 0.717) is 23.9 Å². The van der Waals surface area contributed by atoms with Crippen LogP contribution in [0.25, 0.3) is 0 Å². The fourth-order valence-corrected chi connectivity index (χ4v) is 5.11. The van der Waals surface area contributed by atoms with E-state index >= 15 is 0 Å². The number of hydrogen-bond donors (Lipinski definition) is 2. The van der Waals surface area contributed by atoms with Crippen LogP contribution in [0.2, 0.25) is 0 Å². The number of piperazine rings is 1. The summed E-state index contributed by atoms with van der Waals surface area (Å²) in [4.78, 5) is 24.8. The van der Waals surface area contributed by atoms with E-state index in [-0.39, 0.29) is 5.92 Å². The molecule has 3 rings (SSSR count). The number of nitrogens with one attached hydrogen (secondary N) is 2. The van der Waals surface area contributed by atoms with E-state index in [9.17, 15) is 4.79 Å².